The van der Waals surface area contributed by atoms with Crippen LogP contribution in [0.5, 0.6) is 5.75 Å². The van der Waals surface area contributed by atoms with E-state index in [4.69, 9.17) is 4.74 Å². The summed E-state index contributed by atoms with van der Waals surface area (Å²) in [5, 5.41) is 1.19. The average Bonchev–Trinajstić information content (AvgIpc) is 2.95. The Labute approximate surface area is 149 Å². The van der Waals surface area contributed by atoms with Crippen molar-refractivity contribution in [1.82, 2.24) is 4.98 Å². The molecule has 0 amide bonds. The van der Waals surface area contributed by atoms with Crippen molar-refractivity contribution in [2.75, 3.05) is 7.11 Å². The number of hydrogen-bond donors (Lipinski definition) is 1. The smallest absolute Gasteiger partial charge is 0.124 e. The van der Waals surface area contributed by atoms with Crippen molar-refractivity contribution in [2.24, 2.45) is 11.8 Å². The molecular formula is C22H25NO2. The SMILES string of the molecule is COc1ccc([C@@H](c2c(C)[nH]c3ccccc23)[C@H](C=O)C(C)C)cc1. The summed E-state index contributed by atoms with van der Waals surface area (Å²) in [4.78, 5) is 15.5. The summed E-state index contributed by atoms with van der Waals surface area (Å²) in [5.74, 6) is 0.994. The van der Waals surface area contributed by atoms with Gasteiger partial charge in [-0.2, -0.15) is 0 Å². The van der Waals surface area contributed by atoms with E-state index in [0.29, 0.717) is 0 Å². The molecule has 1 aromatic heterocycles. The van der Waals surface area contributed by atoms with Crippen LogP contribution in [0.25, 0.3) is 10.9 Å². The molecule has 0 radical (unpaired) electrons. The maximum Gasteiger partial charge on any atom is 0.124 e. The van der Waals surface area contributed by atoms with E-state index in [1.54, 1.807) is 7.11 Å². The molecule has 0 unspecified atom stereocenters. The summed E-state index contributed by atoms with van der Waals surface area (Å²) < 4.78 is 5.29. The Kier molecular flexibility index (Phi) is 4.93. The summed E-state index contributed by atoms with van der Waals surface area (Å²) in [6.45, 7) is 6.31. The number of para-hydroxylation sites is 1. The first-order chi connectivity index (χ1) is 12.1. The van der Waals surface area contributed by atoms with Gasteiger partial charge in [0.25, 0.3) is 0 Å². The van der Waals surface area contributed by atoms with Gasteiger partial charge < -0.3 is 14.5 Å². The Hall–Kier alpha value is -2.55. The van der Waals surface area contributed by atoms with Gasteiger partial charge in [-0.1, -0.05) is 44.2 Å². The van der Waals surface area contributed by atoms with Crippen LogP contribution in [0.4, 0.5) is 0 Å². The number of aldehydes is 1. The van der Waals surface area contributed by atoms with E-state index >= 15 is 0 Å². The monoisotopic (exact) mass is 335 g/mol. The molecule has 3 aromatic rings. The minimum Gasteiger partial charge on any atom is -0.497 e. The molecule has 0 aliphatic rings. The largest absolute Gasteiger partial charge is 0.497 e. The predicted octanol–water partition coefficient (Wildman–Crippen LogP) is 5.09. The number of methoxy groups -OCH3 is 1. The molecule has 0 aliphatic carbocycles. The summed E-state index contributed by atoms with van der Waals surface area (Å²) >= 11 is 0. The second kappa shape index (κ2) is 7.14. The van der Waals surface area contributed by atoms with Crippen molar-refractivity contribution < 1.29 is 9.53 Å². The lowest BCUT2D eigenvalue weighted by Crippen LogP contribution is -2.21. The lowest BCUT2D eigenvalue weighted by atomic mass is 9.75. The van der Waals surface area contributed by atoms with Gasteiger partial charge in [-0.15, -0.1) is 0 Å². The first kappa shape index (κ1) is 17.3. The van der Waals surface area contributed by atoms with Gasteiger partial charge in [-0.3, -0.25) is 0 Å². The Morgan fingerprint density at radius 1 is 1.04 bits per heavy atom. The van der Waals surface area contributed by atoms with Gasteiger partial charge in [0.1, 0.15) is 12.0 Å². The van der Waals surface area contributed by atoms with Gasteiger partial charge in [0, 0.05) is 28.4 Å². The minimum atomic E-state index is -0.0914. The van der Waals surface area contributed by atoms with Crippen LogP contribution in [0, 0.1) is 18.8 Å². The van der Waals surface area contributed by atoms with E-state index in [1.165, 1.54) is 10.9 Å². The van der Waals surface area contributed by atoms with Gasteiger partial charge in [0.2, 0.25) is 0 Å². The molecule has 0 bridgehead atoms. The highest BCUT2D eigenvalue weighted by atomic mass is 16.5. The van der Waals surface area contributed by atoms with Gasteiger partial charge in [-0.05, 0) is 42.2 Å². The molecule has 25 heavy (non-hydrogen) atoms. The lowest BCUT2D eigenvalue weighted by molar-refractivity contribution is -0.112. The molecule has 3 rings (SSSR count). The summed E-state index contributed by atoms with van der Waals surface area (Å²) in [5.41, 5.74) is 4.59. The molecule has 0 aliphatic heterocycles. The predicted molar refractivity (Wildman–Crippen MR) is 102 cm³/mol. The second-order valence-corrected chi connectivity index (χ2v) is 6.92. The minimum absolute atomic E-state index is 0.0135. The van der Waals surface area contributed by atoms with Gasteiger partial charge in [0.05, 0.1) is 7.11 Å². The summed E-state index contributed by atoms with van der Waals surface area (Å²) in [6.07, 6.45) is 1.11. The topological polar surface area (TPSA) is 42.1 Å². The molecule has 3 heteroatoms. The van der Waals surface area contributed by atoms with Crippen molar-refractivity contribution >= 4 is 17.2 Å². The van der Waals surface area contributed by atoms with Crippen LogP contribution in [0.15, 0.2) is 48.5 Å². The number of H-pyrrole nitrogens is 1. The van der Waals surface area contributed by atoms with E-state index in [9.17, 15) is 4.79 Å². The number of nitrogens with one attached hydrogen (secondary N) is 1. The van der Waals surface area contributed by atoms with Crippen molar-refractivity contribution in [3.63, 3.8) is 0 Å². The standard InChI is InChI=1S/C22H25NO2/c1-14(2)19(13-24)22(16-9-11-17(25-4)12-10-16)21-15(3)23-20-8-6-5-7-18(20)21/h5-14,19,22-23H,1-4H3/t19-,22-/m1/s1. The molecule has 1 heterocycles. The molecular weight excluding hydrogens is 310 g/mol. The highest BCUT2D eigenvalue weighted by Gasteiger charge is 2.30. The first-order valence-corrected chi connectivity index (χ1v) is 8.73. The maximum absolute atomic E-state index is 12.0. The zero-order valence-electron chi connectivity index (χ0n) is 15.2. The van der Waals surface area contributed by atoms with E-state index in [-0.39, 0.29) is 17.8 Å². The summed E-state index contributed by atoms with van der Waals surface area (Å²) in [6, 6.07) is 16.4. The molecule has 0 saturated heterocycles. The van der Waals surface area contributed by atoms with Crippen LogP contribution in [0.1, 0.15) is 36.6 Å². The maximum atomic E-state index is 12.0. The number of rotatable bonds is 6. The fourth-order valence-corrected chi connectivity index (χ4v) is 3.71. The summed E-state index contributed by atoms with van der Waals surface area (Å²) in [7, 11) is 1.67. The van der Waals surface area contributed by atoms with Gasteiger partial charge in [-0.25, -0.2) is 0 Å². The van der Waals surface area contributed by atoms with E-state index in [1.807, 2.05) is 18.2 Å². The molecule has 3 nitrogen and oxygen atoms in total. The van der Waals surface area contributed by atoms with E-state index in [0.717, 1.165) is 28.8 Å². The number of benzene rings is 2. The number of carbonyl (C=O) groups excluding carboxylic acids is 1. The number of ether oxygens (including phenoxy) is 1. The van der Waals surface area contributed by atoms with Gasteiger partial charge >= 0.3 is 0 Å². The van der Waals surface area contributed by atoms with Crippen molar-refractivity contribution in [3.8, 4) is 5.75 Å². The van der Waals surface area contributed by atoms with Gasteiger partial charge in [0.15, 0.2) is 0 Å². The Balaban J connectivity index is 2.22. The highest BCUT2D eigenvalue weighted by molar-refractivity contribution is 5.86. The second-order valence-electron chi connectivity index (χ2n) is 6.92. The fraction of sp³-hybridized carbons (Fsp3) is 0.318. The zero-order valence-corrected chi connectivity index (χ0v) is 15.2. The third kappa shape index (κ3) is 3.19. The third-order valence-corrected chi connectivity index (χ3v) is 5.04. The van der Waals surface area contributed by atoms with E-state index in [2.05, 4.69) is 56.1 Å². The molecule has 0 saturated carbocycles. The number of carbonyl (C=O) groups is 1. The van der Waals surface area contributed by atoms with Crippen molar-refractivity contribution in [1.29, 1.82) is 0 Å². The molecule has 130 valence electrons. The molecule has 2 aromatic carbocycles. The van der Waals surface area contributed by atoms with Crippen LogP contribution in [-0.4, -0.2) is 18.4 Å². The van der Waals surface area contributed by atoms with E-state index < -0.39 is 0 Å². The van der Waals surface area contributed by atoms with Crippen molar-refractivity contribution in [3.05, 3.63) is 65.4 Å². The molecule has 1 N–H and O–H groups in total. The molecule has 0 spiro atoms. The normalized spacial score (nSPS) is 13.8. The van der Waals surface area contributed by atoms with Crippen LogP contribution < -0.4 is 4.74 Å². The zero-order chi connectivity index (χ0) is 18.0. The number of fused-ring (bicyclic) bond motifs is 1. The first-order valence-electron chi connectivity index (χ1n) is 8.73. The van der Waals surface area contributed by atoms with Crippen LogP contribution in [0.3, 0.4) is 0 Å². The third-order valence-electron chi connectivity index (χ3n) is 5.04. The average molecular weight is 335 g/mol. The Morgan fingerprint density at radius 2 is 1.72 bits per heavy atom. The number of aryl methyl sites for hydroxylation is 1. The molecule has 2 atom stereocenters. The quantitative estimate of drug-likeness (QED) is 0.638. The lowest BCUT2D eigenvalue weighted by Gasteiger charge is -2.27. The van der Waals surface area contributed by atoms with Crippen LogP contribution in [0.2, 0.25) is 0 Å². The number of aromatic nitrogens is 1. The van der Waals surface area contributed by atoms with Crippen molar-refractivity contribution in [2.45, 2.75) is 26.7 Å². The molecule has 0 fully saturated rings. The Morgan fingerprint density at radius 3 is 2.32 bits per heavy atom. The highest BCUT2D eigenvalue weighted by Crippen LogP contribution is 2.40. The van der Waals surface area contributed by atoms with Crippen LogP contribution in [-0.2, 0) is 4.79 Å². The Bertz CT molecular complexity index is 861. The number of aromatic amines is 1. The number of hydrogen-bond acceptors (Lipinski definition) is 2. The fourth-order valence-electron chi connectivity index (χ4n) is 3.71. The van der Waals surface area contributed by atoms with Crippen LogP contribution >= 0.6 is 0 Å².